The molecule has 0 aliphatic rings. The molecular formula is C13H15NO6. The lowest BCUT2D eigenvalue weighted by Gasteiger charge is -2.12. The number of ether oxygens (including phenoxy) is 2. The Balaban J connectivity index is 3.33. The molecule has 0 unspecified atom stereocenters. The molecule has 1 aromatic heterocycles. The number of carbonyl (C=O) groups excluding carboxylic acids is 2. The number of carbonyl (C=O) groups is 3. The SMILES string of the molecule is CCC(=O)Oc1ncc(C)c(OC(=O)CC)c1C(=O)O. The van der Waals surface area contributed by atoms with E-state index in [9.17, 15) is 19.5 Å². The van der Waals surface area contributed by atoms with Gasteiger partial charge in [0, 0.05) is 24.6 Å². The zero-order valence-corrected chi connectivity index (χ0v) is 11.4. The van der Waals surface area contributed by atoms with E-state index in [0.717, 1.165) is 0 Å². The van der Waals surface area contributed by atoms with Gasteiger partial charge in [0.05, 0.1) is 0 Å². The number of esters is 2. The first-order valence-electron chi connectivity index (χ1n) is 6.04. The smallest absolute Gasteiger partial charge is 0.345 e. The van der Waals surface area contributed by atoms with Crippen LogP contribution in [0.2, 0.25) is 0 Å². The third kappa shape index (κ3) is 3.53. The molecule has 20 heavy (non-hydrogen) atoms. The Hall–Kier alpha value is -2.44. The van der Waals surface area contributed by atoms with Gasteiger partial charge in [-0.25, -0.2) is 9.78 Å². The van der Waals surface area contributed by atoms with Crippen molar-refractivity contribution >= 4 is 17.9 Å². The molecule has 7 nitrogen and oxygen atoms in total. The molecule has 0 saturated heterocycles. The van der Waals surface area contributed by atoms with E-state index in [1.165, 1.54) is 6.20 Å². The van der Waals surface area contributed by atoms with Crippen LogP contribution in [0.5, 0.6) is 11.6 Å². The summed E-state index contributed by atoms with van der Waals surface area (Å²) in [7, 11) is 0. The summed E-state index contributed by atoms with van der Waals surface area (Å²) in [4.78, 5) is 37.7. The zero-order valence-electron chi connectivity index (χ0n) is 11.4. The van der Waals surface area contributed by atoms with E-state index in [2.05, 4.69) is 4.98 Å². The molecule has 108 valence electrons. The minimum absolute atomic E-state index is 0.0682. The van der Waals surface area contributed by atoms with Crippen molar-refractivity contribution in [2.75, 3.05) is 0 Å². The van der Waals surface area contributed by atoms with Gasteiger partial charge in [0.25, 0.3) is 0 Å². The predicted octanol–water partition coefficient (Wildman–Crippen LogP) is 1.72. The summed E-state index contributed by atoms with van der Waals surface area (Å²) in [5.41, 5.74) is -0.0749. The van der Waals surface area contributed by atoms with Gasteiger partial charge in [0.2, 0.25) is 5.88 Å². The summed E-state index contributed by atoms with van der Waals surface area (Å²) >= 11 is 0. The monoisotopic (exact) mass is 281 g/mol. The van der Waals surface area contributed by atoms with E-state index in [-0.39, 0.29) is 24.5 Å². The number of carboxylic acid groups (broad SMARTS) is 1. The summed E-state index contributed by atoms with van der Waals surface area (Å²) in [5.74, 6) is -3.14. The van der Waals surface area contributed by atoms with Crippen molar-refractivity contribution in [3.63, 3.8) is 0 Å². The molecule has 0 amide bonds. The van der Waals surface area contributed by atoms with Gasteiger partial charge >= 0.3 is 17.9 Å². The topological polar surface area (TPSA) is 103 Å². The number of aryl methyl sites for hydroxylation is 1. The molecule has 0 spiro atoms. The van der Waals surface area contributed by atoms with Crippen molar-refractivity contribution in [2.45, 2.75) is 33.6 Å². The molecule has 1 rings (SSSR count). The van der Waals surface area contributed by atoms with Gasteiger partial charge in [0.1, 0.15) is 0 Å². The Morgan fingerprint density at radius 1 is 1.15 bits per heavy atom. The van der Waals surface area contributed by atoms with Gasteiger partial charge in [-0.05, 0) is 6.92 Å². The highest BCUT2D eigenvalue weighted by Crippen LogP contribution is 2.30. The van der Waals surface area contributed by atoms with Crippen LogP contribution in [0, 0.1) is 6.92 Å². The number of carboxylic acids is 1. The van der Waals surface area contributed by atoms with Crippen LogP contribution in [-0.2, 0) is 9.59 Å². The maximum atomic E-state index is 11.4. The number of rotatable bonds is 5. The van der Waals surface area contributed by atoms with E-state index in [1.807, 2.05) is 0 Å². The molecule has 0 fully saturated rings. The van der Waals surface area contributed by atoms with Crippen LogP contribution in [0.15, 0.2) is 6.20 Å². The second-order valence-corrected chi connectivity index (χ2v) is 3.91. The lowest BCUT2D eigenvalue weighted by atomic mass is 10.1. The van der Waals surface area contributed by atoms with Gasteiger partial charge < -0.3 is 14.6 Å². The fourth-order valence-electron chi connectivity index (χ4n) is 1.34. The highest BCUT2D eigenvalue weighted by molar-refractivity contribution is 5.95. The van der Waals surface area contributed by atoms with Crippen molar-refractivity contribution in [3.8, 4) is 11.6 Å². The molecule has 0 saturated carbocycles. The van der Waals surface area contributed by atoms with E-state index < -0.39 is 23.5 Å². The zero-order chi connectivity index (χ0) is 15.3. The third-order valence-corrected chi connectivity index (χ3v) is 2.39. The number of pyridine rings is 1. The van der Waals surface area contributed by atoms with Crippen molar-refractivity contribution in [2.24, 2.45) is 0 Å². The second-order valence-electron chi connectivity index (χ2n) is 3.91. The summed E-state index contributed by atoms with van der Waals surface area (Å²) in [6, 6.07) is 0. The van der Waals surface area contributed by atoms with Crippen LogP contribution in [0.3, 0.4) is 0 Å². The Morgan fingerprint density at radius 2 is 1.70 bits per heavy atom. The van der Waals surface area contributed by atoms with Crippen molar-refractivity contribution in [1.82, 2.24) is 4.98 Å². The highest BCUT2D eigenvalue weighted by Gasteiger charge is 2.24. The van der Waals surface area contributed by atoms with Crippen LogP contribution in [0.25, 0.3) is 0 Å². The van der Waals surface area contributed by atoms with Crippen molar-refractivity contribution < 1.29 is 29.0 Å². The Morgan fingerprint density at radius 3 is 2.20 bits per heavy atom. The van der Waals surface area contributed by atoms with Crippen LogP contribution in [0.1, 0.15) is 42.6 Å². The molecule has 0 radical (unpaired) electrons. The predicted molar refractivity (Wildman–Crippen MR) is 67.8 cm³/mol. The third-order valence-electron chi connectivity index (χ3n) is 2.39. The molecule has 0 bridgehead atoms. The van der Waals surface area contributed by atoms with Gasteiger partial charge in [-0.15, -0.1) is 0 Å². The Bertz CT molecular complexity index is 552. The first-order valence-corrected chi connectivity index (χ1v) is 6.04. The maximum absolute atomic E-state index is 11.4. The number of aromatic nitrogens is 1. The highest BCUT2D eigenvalue weighted by atomic mass is 16.6. The van der Waals surface area contributed by atoms with Gasteiger partial charge in [0.15, 0.2) is 11.3 Å². The molecule has 1 aromatic rings. The number of hydrogen-bond donors (Lipinski definition) is 1. The van der Waals surface area contributed by atoms with Crippen LogP contribution in [-0.4, -0.2) is 28.0 Å². The largest absolute Gasteiger partial charge is 0.477 e. The van der Waals surface area contributed by atoms with E-state index in [4.69, 9.17) is 9.47 Å². The normalized spacial score (nSPS) is 9.95. The van der Waals surface area contributed by atoms with Gasteiger partial charge in [-0.2, -0.15) is 0 Å². The standard InChI is InChI=1S/C13H15NO6/c1-4-8(15)19-11-7(3)6-14-12(10(11)13(17)18)20-9(16)5-2/h6H,4-5H2,1-3H3,(H,17,18). The fraction of sp³-hybridized carbons (Fsp3) is 0.385. The average Bonchev–Trinajstić information content (AvgIpc) is 2.41. The van der Waals surface area contributed by atoms with Gasteiger partial charge in [-0.1, -0.05) is 13.8 Å². The first kappa shape index (κ1) is 15.6. The van der Waals surface area contributed by atoms with E-state index in [1.54, 1.807) is 20.8 Å². The number of hydrogen-bond acceptors (Lipinski definition) is 6. The summed E-state index contributed by atoms with van der Waals surface area (Å²) in [6.45, 7) is 4.69. The molecular weight excluding hydrogens is 266 g/mol. The van der Waals surface area contributed by atoms with Crippen LogP contribution < -0.4 is 9.47 Å². The van der Waals surface area contributed by atoms with E-state index >= 15 is 0 Å². The number of nitrogens with zero attached hydrogens (tertiary/aromatic N) is 1. The lowest BCUT2D eigenvalue weighted by molar-refractivity contribution is -0.134. The minimum atomic E-state index is -1.39. The van der Waals surface area contributed by atoms with Crippen LogP contribution >= 0.6 is 0 Å². The molecule has 7 heteroatoms. The van der Waals surface area contributed by atoms with Gasteiger partial charge in [-0.3, -0.25) is 9.59 Å². The molecule has 1 heterocycles. The molecule has 0 aromatic carbocycles. The maximum Gasteiger partial charge on any atom is 0.345 e. The fourth-order valence-corrected chi connectivity index (χ4v) is 1.34. The molecule has 0 atom stereocenters. The Kier molecular flexibility index (Phi) is 5.19. The summed E-state index contributed by atoms with van der Waals surface area (Å²) in [6.07, 6.45) is 1.44. The number of aromatic carboxylic acids is 1. The average molecular weight is 281 g/mol. The Labute approximate surface area is 115 Å². The molecule has 0 aliphatic carbocycles. The molecule has 0 aliphatic heterocycles. The summed E-state index contributed by atoms with van der Waals surface area (Å²) < 4.78 is 9.84. The molecule has 1 N–H and O–H groups in total. The van der Waals surface area contributed by atoms with Crippen molar-refractivity contribution in [3.05, 3.63) is 17.3 Å². The minimum Gasteiger partial charge on any atom is -0.477 e. The lowest BCUT2D eigenvalue weighted by Crippen LogP contribution is -2.15. The second kappa shape index (κ2) is 6.65. The first-order chi connectivity index (χ1) is 9.40. The van der Waals surface area contributed by atoms with Crippen LogP contribution in [0.4, 0.5) is 0 Å². The van der Waals surface area contributed by atoms with E-state index in [0.29, 0.717) is 5.56 Å². The summed E-state index contributed by atoms with van der Waals surface area (Å²) in [5, 5.41) is 9.22. The quantitative estimate of drug-likeness (QED) is 0.819. The van der Waals surface area contributed by atoms with Crippen molar-refractivity contribution in [1.29, 1.82) is 0 Å².